The molecule has 10 heteroatoms. The summed E-state index contributed by atoms with van der Waals surface area (Å²) < 4.78 is 17.7. The van der Waals surface area contributed by atoms with Crippen molar-refractivity contribution in [2.24, 2.45) is 0 Å². The first kappa shape index (κ1) is 22.4. The molecule has 32 heavy (non-hydrogen) atoms. The van der Waals surface area contributed by atoms with Crippen molar-refractivity contribution in [1.82, 2.24) is 0 Å². The van der Waals surface area contributed by atoms with Gasteiger partial charge >= 0.3 is 26.7 Å². The van der Waals surface area contributed by atoms with Crippen LogP contribution in [0.15, 0.2) is 72.8 Å². The Bertz CT molecular complexity index is 1030. The minimum atomic E-state index is -3.99. The lowest BCUT2D eigenvalue weighted by atomic mass is 10.2. The summed E-state index contributed by atoms with van der Waals surface area (Å²) >= 11 is 0. The second-order valence-electron chi connectivity index (χ2n) is 6.57. The topological polar surface area (TPSA) is 140 Å². The Morgan fingerprint density at radius 1 is 0.562 bits per heavy atom. The zero-order valence-electron chi connectivity index (χ0n) is 16.7. The first-order valence-electron chi connectivity index (χ1n) is 9.24. The first-order valence-corrected chi connectivity index (χ1v) is 11.5. The minimum Gasteiger partial charge on any atom is -0.483 e. The summed E-state index contributed by atoms with van der Waals surface area (Å²) in [5.74, 6) is -3.99. The molecule has 0 spiro atoms. The Kier molecular flexibility index (Phi) is 6.45. The van der Waals surface area contributed by atoms with Gasteiger partial charge in [-0.05, 0) is 36.4 Å². The molecule has 3 rings (SSSR count). The van der Waals surface area contributed by atoms with E-state index in [4.69, 9.17) is 13.3 Å². The van der Waals surface area contributed by atoms with Gasteiger partial charge in [0, 0.05) is 6.55 Å². The quantitative estimate of drug-likeness (QED) is 0.411. The van der Waals surface area contributed by atoms with Crippen LogP contribution in [0.3, 0.4) is 0 Å². The second kappa shape index (κ2) is 9.23. The summed E-state index contributed by atoms with van der Waals surface area (Å²) in [4.78, 5) is 34.8. The summed E-state index contributed by atoms with van der Waals surface area (Å²) in [5, 5.41) is 28.4. The fraction of sp³-hybridized carbons (Fsp3) is 0.0455. The molecule has 3 N–H and O–H groups in total. The molecule has 0 aliphatic rings. The third kappa shape index (κ3) is 5.05. The van der Waals surface area contributed by atoms with Crippen molar-refractivity contribution in [2.45, 2.75) is 6.55 Å². The van der Waals surface area contributed by atoms with Crippen molar-refractivity contribution in [2.75, 3.05) is 0 Å². The highest BCUT2D eigenvalue weighted by molar-refractivity contribution is 6.61. The molecular weight excluding hydrogens is 436 g/mol. The molecule has 0 radical (unpaired) electrons. The molecule has 164 valence electrons. The zero-order valence-corrected chi connectivity index (χ0v) is 17.7. The lowest BCUT2D eigenvalue weighted by Gasteiger charge is -2.29. The van der Waals surface area contributed by atoms with Crippen LogP contribution in [-0.2, 0) is 0 Å². The van der Waals surface area contributed by atoms with Crippen molar-refractivity contribution in [3.63, 3.8) is 0 Å². The van der Waals surface area contributed by atoms with Crippen molar-refractivity contribution < 1.29 is 43.0 Å². The van der Waals surface area contributed by atoms with Gasteiger partial charge in [-0.2, -0.15) is 0 Å². The van der Waals surface area contributed by atoms with E-state index >= 15 is 0 Å². The highest BCUT2D eigenvalue weighted by Crippen LogP contribution is 2.29. The van der Waals surface area contributed by atoms with Gasteiger partial charge in [0.25, 0.3) is 0 Å². The second-order valence-corrected chi connectivity index (χ2v) is 8.91. The van der Waals surface area contributed by atoms with Gasteiger partial charge in [-0.1, -0.05) is 36.4 Å². The fourth-order valence-corrected chi connectivity index (χ4v) is 4.72. The third-order valence-corrected chi connectivity index (χ3v) is 6.01. The number of aromatic carboxylic acids is 3. The Labute approximate surface area is 183 Å². The van der Waals surface area contributed by atoms with E-state index < -0.39 is 26.7 Å². The average Bonchev–Trinajstić information content (AvgIpc) is 2.74. The van der Waals surface area contributed by atoms with E-state index in [-0.39, 0.29) is 33.9 Å². The Morgan fingerprint density at radius 3 is 1.06 bits per heavy atom. The molecular formula is C22H18O9Si. The number of hydrogen-bond acceptors (Lipinski definition) is 6. The number of carbonyl (C=O) groups is 3. The van der Waals surface area contributed by atoms with Gasteiger partial charge in [-0.25, -0.2) is 14.4 Å². The van der Waals surface area contributed by atoms with Gasteiger partial charge in [0.15, 0.2) is 0 Å². The van der Waals surface area contributed by atoms with E-state index in [2.05, 4.69) is 0 Å². The number of rotatable bonds is 9. The molecule has 0 fully saturated rings. The highest BCUT2D eigenvalue weighted by atomic mass is 28.4. The molecule has 0 aromatic heterocycles. The number of hydrogen-bond donors (Lipinski definition) is 3. The molecule has 0 amide bonds. The smallest absolute Gasteiger partial charge is 0.483 e. The fourth-order valence-electron chi connectivity index (χ4n) is 2.86. The molecule has 0 bridgehead atoms. The van der Waals surface area contributed by atoms with Crippen LogP contribution >= 0.6 is 0 Å². The number of para-hydroxylation sites is 3. The average molecular weight is 454 g/mol. The maximum Gasteiger partial charge on any atom is 0.696 e. The van der Waals surface area contributed by atoms with Crippen LogP contribution in [-0.4, -0.2) is 42.0 Å². The molecule has 0 heterocycles. The molecule has 0 aliphatic carbocycles. The van der Waals surface area contributed by atoms with Gasteiger partial charge < -0.3 is 28.6 Å². The molecule has 0 aliphatic heterocycles. The Hall–Kier alpha value is -4.31. The van der Waals surface area contributed by atoms with E-state index in [9.17, 15) is 29.7 Å². The van der Waals surface area contributed by atoms with Crippen LogP contribution in [0.5, 0.6) is 17.2 Å². The summed E-state index contributed by atoms with van der Waals surface area (Å²) in [7, 11) is -3.99. The number of carboxylic acids is 3. The summed E-state index contributed by atoms with van der Waals surface area (Å²) in [6, 6.07) is 17.3. The molecule has 3 aromatic carbocycles. The molecule has 0 atom stereocenters. The lowest BCUT2D eigenvalue weighted by molar-refractivity contribution is 0.0684. The monoisotopic (exact) mass is 454 g/mol. The van der Waals surface area contributed by atoms with Crippen molar-refractivity contribution >= 4 is 26.7 Å². The van der Waals surface area contributed by atoms with E-state index in [1.807, 2.05) is 0 Å². The normalized spacial score (nSPS) is 10.8. The van der Waals surface area contributed by atoms with Crippen LogP contribution in [0.1, 0.15) is 31.1 Å². The van der Waals surface area contributed by atoms with Gasteiger partial charge in [0.2, 0.25) is 0 Å². The number of carboxylic acid groups (broad SMARTS) is 3. The van der Waals surface area contributed by atoms with E-state index in [1.54, 1.807) is 18.2 Å². The van der Waals surface area contributed by atoms with E-state index in [0.717, 1.165) is 0 Å². The molecule has 9 nitrogen and oxygen atoms in total. The van der Waals surface area contributed by atoms with E-state index in [0.29, 0.717) is 0 Å². The van der Waals surface area contributed by atoms with Crippen LogP contribution in [0.2, 0.25) is 6.55 Å². The SMILES string of the molecule is C[Si](Oc1ccccc1C(=O)O)(Oc1ccccc1C(=O)O)Oc1ccccc1C(=O)O. The van der Waals surface area contributed by atoms with Crippen LogP contribution in [0, 0.1) is 0 Å². The van der Waals surface area contributed by atoms with Crippen LogP contribution < -0.4 is 13.3 Å². The summed E-state index contributed by atoms with van der Waals surface area (Å²) in [6.45, 7) is 1.41. The third-order valence-electron chi connectivity index (χ3n) is 4.24. The van der Waals surface area contributed by atoms with Gasteiger partial charge in [0.1, 0.15) is 33.9 Å². The predicted octanol–water partition coefficient (Wildman–Crippen LogP) is 3.89. The lowest BCUT2D eigenvalue weighted by Crippen LogP contribution is -2.52. The van der Waals surface area contributed by atoms with Gasteiger partial charge in [-0.3, -0.25) is 0 Å². The van der Waals surface area contributed by atoms with Gasteiger partial charge in [0.05, 0.1) is 0 Å². The van der Waals surface area contributed by atoms with Crippen LogP contribution in [0.4, 0.5) is 0 Å². The van der Waals surface area contributed by atoms with Crippen molar-refractivity contribution in [3.8, 4) is 17.2 Å². The zero-order chi connectivity index (χ0) is 23.3. The maximum atomic E-state index is 11.6. The molecule has 0 saturated heterocycles. The largest absolute Gasteiger partial charge is 0.696 e. The highest BCUT2D eigenvalue weighted by Gasteiger charge is 2.45. The predicted molar refractivity (Wildman–Crippen MR) is 114 cm³/mol. The Balaban J connectivity index is 2.09. The molecule has 3 aromatic rings. The van der Waals surface area contributed by atoms with Crippen LogP contribution in [0.25, 0.3) is 0 Å². The summed E-state index contributed by atoms with van der Waals surface area (Å²) in [6.07, 6.45) is 0. The molecule has 0 unspecified atom stereocenters. The minimum absolute atomic E-state index is 0.0743. The number of benzene rings is 3. The molecule has 0 saturated carbocycles. The van der Waals surface area contributed by atoms with Gasteiger partial charge in [-0.15, -0.1) is 0 Å². The van der Waals surface area contributed by atoms with E-state index in [1.165, 1.54) is 61.1 Å². The summed E-state index contributed by atoms with van der Waals surface area (Å²) in [5.41, 5.74) is -0.510. The standard InChI is InChI=1S/C22H18O9Si/c1-32(29-17-11-5-2-8-14(17)20(23)24,30-18-12-6-3-9-15(18)21(25)26)31-19-13-7-4-10-16(19)22(27)28/h2-13H,1H3,(H,23,24)(H,25,26)(H,27,28). The maximum absolute atomic E-state index is 11.6. The van der Waals surface area contributed by atoms with Crippen molar-refractivity contribution in [1.29, 1.82) is 0 Å². The van der Waals surface area contributed by atoms with Crippen molar-refractivity contribution in [3.05, 3.63) is 89.5 Å². The first-order chi connectivity index (χ1) is 15.2. The Morgan fingerprint density at radius 2 is 0.812 bits per heavy atom.